The third kappa shape index (κ3) is 5.41. The van der Waals surface area contributed by atoms with E-state index >= 15 is 0 Å². The number of carbonyl (C=O) groups is 2. The number of aliphatic carboxylic acids is 1. The number of nitrogens with zero attached hydrogens (tertiary/aromatic N) is 2. The number of nitrogens with two attached hydrogens (primary N) is 1. The second-order valence-electron chi connectivity index (χ2n) is 5.45. The molecule has 2 heterocycles. The van der Waals surface area contributed by atoms with Crippen molar-refractivity contribution in [2.45, 2.75) is 31.3 Å². The largest absolute Gasteiger partial charge is 1.00 e. The lowest BCUT2D eigenvalue weighted by Gasteiger charge is -2.23. The van der Waals surface area contributed by atoms with E-state index < -0.39 is 18.1 Å². The maximum Gasteiger partial charge on any atom is 0.305 e. The van der Waals surface area contributed by atoms with E-state index in [1.165, 1.54) is 0 Å². The van der Waals surface area contributed by atoms with Crippen LogP contribution in [0, 0.1) is 5.92 Å². The average molecular weight is 363 g/mol. The van der Waals surface area contributed by atoms with Crippen molar-refractivity contribution in [3.8, 4) is 0 Å². The van der Waals surface area contributed by atoms with Gasteiger partial charge in [-0.25, -0.2) is 0 Å². The number of carbonyl (C=O) groups excluding carboxylic acids is 1. The Morgan fingerprint density at radius 2 is 1.96 bits per heavy atom. The number of nitrogens with one attached hydrogen (secondary N) is 2. The zero-order chi connectivity index (χ0) is 16.8. The highest BCUT2D eigenvalue weighted by atomic mass is 35.5. The molecule has 0 spiro atoms. The highest BCUT2D eigenvalue weighted by Crippen LogP contribution is 2.20. The highest BCUT2D eigenvalue weighted by Gasteiger charge is 2.28. The summed E-state index contributed by atoms with van der Waals surface area (Å²) in [6, 6.07) is -1.77. The van der Waals surface area contributed by atoms with E-state index in [1.807, 2.05) is 0 Å². The summed E-state index contributed by atoms with van der Waals surface area (Å²) in [6.07, 6.45) is 0.999. The SMILES string of the molecule is NC(CO)c1nnc(C(CC(=O)O)NC(=O)C2CCNCC2)o1.[Cl-]. The zero-order valence-electron chi connectivity index (χ0n) is 12.9. The Balaban J connectivity index is 0.00000288. The fourth-order valence-corrected chi connectivity index (χ4v) is 2.36. The van der Waals surface area contributed by atoms with E-state index in [-0.39, 0.29) is 49.0 Å². The van der Waals surface area contributed by atoms with Crippen LogP contribution in [0.1, 0.15) is 43.1 Å². The molecule has 1 saturated heterocycles. The van der Waals surface area contributed by atoms with Gasteiger partial charge in [0.2, 0.25) is 17.7 Å². The quantitative estimate of drug-likeness (QED) is 0.322. The minimum Gasteiger partial charge on any atom is -1.00 e. The van der Waals surface area contributed by atoms with Crippen LogP contribution in [-0.4, -0.2) is 52.0 Å². The van der Waals surface area contributed by atoms with Crippen LogP contribution in [-0.2, 0) is 9.59 Å². The maximum absolute atomic E-state index is 12.3. The first-order valence-corrected chi connectivity index (χ1v) is 7.44. The molecular formula is C13H21ClN5O5-. The maximum atomic E-state index is 12.3. The van der Waals surface area contributed by atoms with Crippen molar-refractivity contribution in [1.29, 1.82) is 0 Å². The number of piperidine rings is 1. The monoisotopic (exact) mass is 362 g/mol. The smallest absolute Gasteiger partial charge is 0.305 e. The molecule has 1 aliphatic rings. The number of rotatable bonds is 7. The second-order valence-corrected chi connectivity index (χ2v) is 5.45. The molecule has 136 valence electrons. The molecule has 2 rings (SSSR count). The molecule has 1 amide bonds. The summed E-state index contributed by atoms with van der Waals surface area (Å²) >= 11 is 0. The van der Waals surface area contributed by atoms with Crippen molar-refractivity contribution < 1.29 is 36.6 Å². The van der Waals surface area contributed by atoms with Gasteiger partial charge in [0.15, 0.2) is 0 Å². The Morgan fingerprint density at radius 3 is 2.54 bits per heavy atom. The van der Waals surface area contributed by atoms with Gasteiger partial charge in [-0.1, -0.05) is 0 Å². The number of aliphatic hydroxyl groups excluding tert-OH is 1. The minimum atomic E-state index is -1.10. The molecule has 1 aromatic rings. The van der Waals surface area contributed by atoms with Gasteiger partial charge >= 0.3 is 5.97 Å². The van der Waals surface area contributed by atoms with Crippen molar-refractivity contribution >= 4 is 11.9 Å². The number of carboxylic acid groups (broad SMARTS) is 1. The molecule has 6 N–H and O–H groups in total. The Kier molecular flexibility index (Phi) is 8.05. The van der Waals surface area contributed by atoms with E-state index in [0.717, 1.165) is 13.1 Å². The van der Waals surface area contributed by atoms with Gasteiger partial charge < -0.3 is 43.4 Å². The molecule has 2 atom stereocenters. The van der Waals surface area contributed by atoms with Crippen LogP contribution >= 0.6 is 0 Å². The van der Waals surface area contributed by atoms with Gasteiger partial charge in [-0.15, -0.1) is 10.2 Å². The molecule has 10 nitrogen and oxygen atoms in total. The topological polar surface area (TPSA) is 164 Å². The summed E-state index contributed by atoms with van der Waals surface area (Å²) in [6.45, 7) is 1.11. The first kappa shape index (κ1) is 20.3. The van der Waals surface area contributed by atoms with Crippen molar-refractivity contribution in [3.05, 3.63) is 11.8 Å². The van der Waals surface area contributed by atoms with Gasteiger partial charge in [0.1, 0.15) is 12.1 Å². The molecule has 1 aliphatic heterocycles. The first-order chi connectivity index (χ1) is 11.0. The highest BCUT2D eigenvalue weighted by molar-refractivity contribution is 5.80. The molecule has 1 aromatic heterocycles. The number of amides is 1. The molecule has 0 radical (unpaired) electrons. The molecular weight excluding hydrogens is 342 g/mol. The number of aromatic nitrogens is 2. The molecule has 0 aliphatic carbocycles. The Bertz CT molecular complexity index is 549. The molecule has 1 fully saturated rings. The fourth-order valence-electron chi connectivity index (χ4n) is 2.36. The fraction of sp³-hybridized carbons (Fsp3) is 0.692. The van der Waals surface area contributed by atoms with E-state index in [4.69, 9.17) is 20.4 Å². The summed E-state index contributed by atoms with van der Waals surface area (Å²) in [4.78, 5) is 23.3. The number of carboxylic acids is 1. The van der Waals surface area contributed by atoms with Crippen LogP contribution in [0.5, 0.6) is 0 Å². The van der Waals surface area contributed by atoms with Gasteiger partial charge in [-0.05, 0) is 25.9 Å². The third-order valence-corrected chi connectivity index (χ3v) is 3.67. The Labute approximate surface area is 144 Å². The summed E-state index contributed by atoms with van der Waals surface area (Å²) < 4.78 is 5.29. The predicted molar refractivity (Wildman–Crippen MR) is 77.0 cm³/mol. The summed E-state index contributed by atoms with van der Waals surface area (Å²) in [5.41, 5.74) is 5.57. The molecule has 0 bridgehead atoms. The van der Waals surface area contributed by atoms with Gasteiger partial charge in [-0.2, -0.15) is 0 Å². The van der Waals surface area contributed by atoms with Gasteiger partial charge in [0, 0.05) is 5.92 Å². The van der Waals surface area contributed by atoms with Crippen LogP contribution in [0.2, 0.25) is 0 Å². The Morgan fingerprint density at radius 1 is 1.33 bits per heavy atom. The Hall–Kier alpha value is -1.75. The number of halogens is 1. The normalized spacial score (nSPS) is 17.6. The van der Waals surface area contributed by atoms with Crippen LogP contribution < -0.4 is 28.8 Å². The number of hydrogen-bond donors (Lipinski definition) is 5. The first-order valence-electron chi connectivity index (χ1n) is 7.44. The second kappa shape index (κ2) is 9.52. The van der Waals surface area contributed by atoms with Gasteiger partial charge in [0.25, 0.3) is 0 Å². The van der Waals surface area contributed by atoms with E-state index in [0.29, 0.717) is 12.8 Å². The lowest BCUT2D eigenvalue weighted by atomic mass is 9.96. The van der Waals surface area contributed by atoms with Crippen molar-refractivity contribution in [2.24, 2.45) is 11.7 Å². The number of aliphatic hydroxyl groups is 1. The summed E-state index contributed by atoms with van der Waals surface area (Å²) in [7, 11) is 0. The number of hydrogen-bond acceptors (Lipinski definition) is 8. The lowest BCUT2D eigenvalue weighted by Crippen LogP contribution is -3.00. The van der Waals surface area contributed by atoms with Crippen LogP contribution in [0.25, 0.3) is 0 Å². The van der Waals surface area contributed by atoms with E-state index in [9.17, 15) is 9.59 Å². The zero-order valence-corrected chi connectivity index (χ0v) is 13.7. The van der Waals surface area contributed by atoms with Crippen molar-refractivity contribution in [3.63, 3.8) is 0 Å². The predicted octanol–water partition coefficient (Wildman–Crippen LogP) is -4.30. The molecule has 24 heavy (non-hydrogen) atoms. The lowest BCUT2D eigenvalue weighted by molar-refractivity contribution is -0.138. The van der Waals surface area contributed by atoms with Crippen molar-refractivity contribution in [1.82, 2.24) is 20.8 Å². The summed E-state index contributed by atoms with van der Waals surface area (Å²) in [5, 5.41) is 31.2. The van der Waals surface area contributed by atoms with Crippen LogP contribution in [0.4, 0.5) is 0 Å². The summed E-state index contributed by atoms with van der Waals surface area (Å²) in [5.74, 6) is -1.55. The van der Waals surface area contributed by atoms with E-state index in [2.05, 4.69) is 20.8 Å². The van der Waals surface area contributed by atoms with Gasteiger partial charge in [0.05, 0.1) is 13.0 Å². The molecule has 0 saturated carbocycles. The minimum absolute atomic E-state index is 0. The van der Waals surface area contributed by atoms with E-state index in [1.54, 1.807) is 0 Å². The third-order valence-electron chi connectivity index (χ3n) is 3.67. The van der Waals surface area contributed by atoms with Crippen LogP contribution in [0.15, 0.2) is 4.42 Å². The van der Waals surface area contributed by atoms with Crippen LogP contribution in [0.3, 0.4) is 0 Å². The standard InChI is InChI=1S/C13H21N5O5.ClH/c14-8(6-19)12-17-18-13(23-12)9(5-10(20)21)16-11(22)7-1-3-15-4-2-7;/h7-9,15,19H,1-6,14H2,(H,16,22)(H,20,21);1H/p-1. The molecule has 2 unspecified atom stereocenters. The van der Waals surface area contributed by atoms with Crippen molar-refractivity contribution in [2.75, 3.05) is 19.7 Å². The average Bonchev–Trinajstić information content (AvgIpc) is 3.03. The molecule has 0 aromatic carbocycles. The molecule has 11 heteroatoms. The van der Waals surface area contributed by atoms with Gasteiger partial charge in [-0.3, -0.25) is 9.59 Å².